The highest BCUT2D eigenvalue weighted by atomic mass is 32.2. The fraction of sp³-hybridized carbons (Fsp3) is 0.250. The standard InChI is InChI=1S/C20H22N4OS/c1-2-18-22-23-20(24(18)17-11-7-4-8-12-17)26-15-19(25)21-14-13-16-9-5-3-6-10-16/h3-12H,2,13-15H2,1H3,(H,21,25). The summed E-state index contributed by atoms with van der Waals surface area (Å²) in [5.74, 6) is 1.22. The van der Waals surface area contributed by atoms with Crippen LogP contribution in [0, 0.1) is 0 Å². The Morgan fingerprint density at radius 2 is 1.73 bits per heavy atom. The van der Waals surface area contributed by atoms with Crippen LogP contribution in [0.25, 0.3) is 5.69 Å². The number of hydrogen-bond donors (Lipinski definition) is 1. The largest absolute Gasteiger partial charge is 0.355 e. The predicted octanol–water partition coefficient (Wildman–Crippen LogP) is 3.28. The third-order valence-electron chi connectivity index (χ3n) is 3.94. The first-order chi connectivity index (χ1) is 12.8. The molecular weight excluding hydrogens is 344 g/mol. The van der Waals surface area contributed by atoms with E-state index in [2.05, 4.69) is 27.6 Å². The molecule has 0 radical (unpaired) electrons. The number of thioether (sulfide) groups is 1. The molecule has 1 N–H and O–H groups in total. The van der Waals surface area contributed by atoms with Gasteiger partial charge in [-0.05, 0) is 24.1 Å². The first-order valence-corrected chi connectivity index (χ1v) is 9.69. The number of para-hydroxylation sites is 1. The second-order valence-electron chi connectivity index (χ2n) is 5.80. The van der Waals surface area contributed by atoms with Crippen LogP contribution < -0.4 is 5.32 Å². The van der Waals surface area contributed by atoms with E-state index in [-0.39, 0.29) is 5.91 Å². The molecule has 0 fully saturated rings. The third kappa shape index (κ3) is 4.73. The van der Waals surface area contributed by atoms with E-state index in [1.54, 1.807) is 0 Å². The highest BCUT2D eigenvalue weighted by molar-refractivity contribution is 7.99. The smallest absolute Gasteiger partial charge is 0.230 e. The predicted molar refractivity (Wildman–Crippen MR) is 105 cm³/mol. The van der Waals surface area contributed by atoms with Crippen molar-refractivity contribution in [1.82, 2.24) is 20.1 Å². The first-order valence-electron chi connectivity index (χ1n) is 8.71. The van der Waals surface area contributed by atoms with Crippen LogP contribution >= 0.6 is 11.8 Å². The molecular formula is C20H22N4OS. The Labute approximate surface area is 157 Å². The summed E-state index contributed by atoms with van der Waals surface area (Å²) in [6.45, 7) is 2.68. The topological polar surface area (TPSA) is 59.8 Å². The molecule has 3 aromatic rings. The number of aryl methyl sites for hydroxylation is 1. The molecule has 0 bridgehead atoms. The molecule has 3 rings (SSSR count). The van der Waals surface area contributed by atoms with Crippen molar-refractivity contribution in [1.29, 1.82) is 0 Å². The van der Waals surface area contributed by atoms with E-state index in [9.17, 15) is 4.79 Å². The summed E-state index contributed by atoms with van der Waals surface area (Å²) in [7, 11) is 0. The van der Waals surface area contributed by atoms with Gasteiger partial charge < -0.3 is 5.32 Å². The van der Waals surface area contributed by atoms with Gasteiger partial charge in [0.05, 0.1) is 5.75 Å². The zero-order valence-corrected chi connectivity index (χ0v) is 15.6. The summed E-state index contributed by atoms with van der Waals surface area (Å²) in [4.78, 5) is 12.1. The zero-order valence-electron chi connectivity index (χ0n) is 14.8. The molecule has 26 heavy (non-hydrogen) atoms. The molecule has 0 saturated carbocycles. The fourth-order valence-corrected chi connectivity index (χ4v) is 3.43. The van der Waals surface area contributed by atoms with Gasteiger partial charge in [0.25, 0.3) is 0 Å². The van der Waals surface area contributed by atoms with Crippen molar-refractivity contribution in [2.45, 2.75) is 24.9 Å². The minimum atomic E-state index is 0.00610. The average molecular weight is 366 g/mol. The van der Waals surface area contributed by atoms with Crippen LogP contribution in [0.15, 0.2) is 65.8 Å². The number of carbonyl (C=O) groups excluding carboxylic acids is 1. The van der Waals surface area contributed by atoms with E-state index in [1.807, 2.05) is 60.0 Å². The number of nitrogens with zero attached hydrogens (tertiary/aromatic N) is 3. The van der Waals surface area contributed by atoms with Crippen LogP contribution in [0.1, 0.15) is 18.3 Å². The summed E-state index contributed by atoms with van der Waals surface area (Å²) in [6, 6.07) is 20.1. The van der Waals surface area contributed by atoms with E-state index >= 15 is 0 Å². The molecule has 0 aliphatic carbocycles. The fourth-order valence-electron chi connectivity index (χ4n) is 2.63. The Morgan fingerprint density at radius 3 is 2.42 bits per heavy atom. The van der Waals surface area contributed by atoms with E-state index in [0.717, 1.165) is 29.5 Å². The second kappa shape index (κ2) is 9.20. The van der Waals surface area contributed by atoms with Crippen LogP contribution in [0.3, 0.4) is 0 Å². The van der Waals surface area contributed by atoms with Gasteiger partial charge in [0.15, 0.2) is 5.16 Å². The molecule has 2 aromatic carbocycles. The van der Waals surface area contributed by atoms with Gasteiger partial charge in [-0.15, -0.1) is 10.2 Å². The quantitative estimate of drug-likeness (QED) is 0.622. The van der Waals surface area contributed by atoms with Crippen molar-refractivity contribution in [3.63, 3.8) is 0 Å². The summed E-state index contributed by atoms with van der Waals surface area (Å²) in [5.41, 5.74) is 2.23. The summed E-state index contributed by atoms with van der Waals surface area (Å²) < 4.78 is 2.02. The lowest BCUT2D eigenvalue weighted by molar-refractivity contribution is -0.118. The van der Waals surface area contributed by atoms with Crippen molar-refractivity contribution in [2.24, 2.45) is 0 Å². The third-order valence-corrected chi connectivity index (χ3v) is 4.87. The molecule has 134 valence electrons. The van der Waals surface area contributed by atoms with Gasteiger partial charge in [-0.25, -0.2) is 0 Å². The molecule has 1 amide bonds. The summed E-state index contributed by atoms with van der Waals surface area (Å²) >= 11 is 1.41. The molecule has 0 atom stereocenters. The van der Waals surface area contributed by atoms with Crippen molar-refractivity contribution in [3.8, 4) is 5.69 Å². The minimum absolute atomic E-state index is 0.00610. The van der Waals surface area contributed by atoms with Crippen molar-refractivity contribution < 1.29 is 4.79 Å². The van der Waals surface area contributed by atoms with Crippen LogP contribution in [0.2, 0.25) is 0 Å². The first kappa shape index (κ1) is 18.2. The Hall–Kier alpha value is -2.60. The van der Waals surface area contributed by atoms with Crippen LogP contribution in [0.5, 0.6) is 0 Å². The zero-order chi connectivity index (χ0) is 18.2. The van der Waals surface area contributed by atoms with Crippen molar-refractivity contribution >= 4 is 17.7 Å². The van der Waals surface area contributed by atoms with Crippen LogP contribution in [-0.4, -0.2) is 33.0 Å². The Kier molecular flexibility index (Phi) is 6.44. The van der Waals surface area contributed by atoms with E-state index < -0.39 is 0 Å². The Morgan fingerprint density at radius 1 is 1.04 bits per heavy atom. The minimum Gasteiger partial charge on any atom is -0.355 e. The number of carbonyl (C=O) groups is 1. The second-order valence-corrected chi connectivity index (χ2v) is 6.74. The lowest BCUT2D eigenvalue weighted by Gasteiger charge is -2.09. The molecule has 0 aliphatic rings. The van der Waals surface area contributed by atoms with Gasteiger partial charge in [0.2, 0.25) is 5.91 Å². The molecule has 6 heteroatoms. The number of amides is 1. The maximum atomic E-state index is 12.1. The van der Waals surface area contributed by atoms with Crippen LogP contribution in [-0.2, 0) is 17.6 Å². The SMILES string of the molecule is CCc1nnc(SCC(=O)NCCc2ccccc2)n1-c1ccccc1. The number of nitrogens with one attached hydrogen (secondary N) is 1. The number of hydrogen-bond acceptors (Lipinski definition) is 4. The maximum absolute atomic E-state index is 12.1. The Bertz CT molecular complexity index is 834. The number of rotatable bonds is 8. The summed E-state index contributed by atoms with van der Waals surface area (Å²) in [5, 5.41) is 12.2. The monoisotopic (exact) mass is 366 g/mol. The van der Waals surface area contributed by atoms with Gasteiger partial charge in [-0.1, -0.05) is 67.2 Å². The molecule has 0 aliphatic heterocycles. The van der Waals surface area contributed by atoms with Gasteiger partial charge in [-0.3, -0.25) is 9.36 Å². The molecule has 0 unspecified atom stereocenters. The van der Waals surface area contributed by atoms with Gasteiger partial charge in [0, 0.05) is 18.7 Å². The highest BCUT2D eigenvalue weighted by Gasteiger charge is 2.14. The average Bonchev–Trinajstić information content (AvgIpc) is 3.11. The lowest BCUT2D eigenvalue weighted by atomic mass is 10.1. The molecule has 0 saturated heterocycles. The number of aromatic nitrogens is 3. The molecule has 5 nitrogen and oxygen atoms in total. The van der Waals surface area contributed by atoms with Gasteiger partial charge >= 0.3 is 0 Å². The van der Waals surface area contributed by atoms with Crippen molar-refractivity contribution in [2.75, 3.05) is 12.3 Å². The number of benzene rings is 2. The normalized spacial score (nSPS) is 10.7. The van der Waals surface area contributed by atoms with E-state index in [0.29, 0.717) is 12.3 Å². The van der Waals surface area contributed by atoms with Crippen molar-refractivity contribution in [3.05, 3.63) is 72.1 Å². The molecule has 1 heterocycles. The highest BCUT2D eigenvalue weighted by Crippen LogP contribution is 2.22. The van der Waals surface area contributed by atoms with Gasteiger partial charge in [0.1, 0.15) is 5.82 Å². The lowest BCUT2D eigenvalue weighted by Crippen LogP contribution is -2.27. The van der Waals surface area contributed by atoms with Gasteiger partial charge in [-0.2, -0.15) is 0 Å². The molecule has 1 aromatic heterocycles. The Balaban J connectivity index is 1.56. The molecule has 0 spiro atoms. The van der Waals surface area contributed by atoms with E-state index in [4.69, 9.17) is 0 Å². The maximum Gasteiger partial charge on any atom is 0.230 e. The van der Waals surface area contributed by atoms with E-state index in [1.165, 1.54) is 17.3 Å². The summed E-state index contributed by atoms with van der Waals surface area (Å²) in [6.07, 6.45) is 1.61. The van der Waals surface area contributed by atoms with Crippen LogP contribution in [0.4, 0.5) is 0 Å².